The van der Waals surface area contributed by atoms with Crippen molar-refractivity contribution in [2.75, 3.05) is 36.4 Å². The second-order valence-corrected chi connectivity index (χ2v) is 9.60. The molecule has 0 spiro atoms. The molecule has 1 aromatic heterocycles. The number of piperazine rings is 1. The van der Waals surface area contributed by atoms with E-state index in [4.69, 9.17) is 0 Å². The molecule has 1 aliphatic heterocycles. The molecule has 3 aromatic rings. The van der Waals surface area contributed by atoms with Crippen molar-refractivity contribution >= 4 is 27.3 Å². The predicted molar refractivity (Wildman–Crippen MR) is 121 cm³/mol. The van der Waals surface area contributed by atoms with Gasteiger partial charge >= 0.3 is 6.36 Å². The summed E-state index contributed by atoms with van der Waals surface area (Å²) in [6.45, 7) is 3.42. The van der Waals surface area contributed by atoms with Gasteiger partial charge in [-0.3, -0.25) is 0 Å². The second kappa shape index (κ2) is 9.47. The fourth-order valence-corrected chi connectivity index (χ4v) is 4.92. The van der Waals surface area contributed by atoms with Crippen molar-refractivity contribution in [2.24, 2.45) is 0 Å². The summed E-state index contributed by atoms with van der Waals surface area (Å²) < 4.78 is 68.0. The minimum Gasteiger partial charge on any atom is -0.406 e. The Morgan fingerprint density at radius 1 is 0.941 bits per heavy atom. The molecule has 1 aliphatic rings. The average molecular weight is 494 g/mol. The molecule has 34 heavy (non-hydrogen) atoms. The zero-order valence-electron chi connectivity index (χ0n) is 18.2. The number of rotatable bonds is 6. The molecule has 0 bridgehead atoms. The van der Waals surface area contributed by atoms with Crippen LogP contribution in [-0.4, -0.2) is 55.2 Å². The highest BCUT2D eigenvalue weighted by Gasteiger charge is 2.31. The van der Waals surface area contributed by atoms with E-state index in [1.54, 1.807) is 30.3 Å². The summed E-state index contributed by atoms with van der Waals surface area (Å²) >= 11 is 0. The molecular weight excluding hydrogens is 471 g/mol. The summed E-state index contributed by atoms with van der Waals surface area (Å²) in [7, 11) is -3.57. The van der Waals surface area contributed by atoms with Gasteiger partial charge in [-0.05, 0) is 43.3 Å². The first-order valence-electron chi connectivity index (χ1n) is 10.4. The van der Waals surface area contributed by atoms with Gasteiger partial charge in [0.25, 0.3) is 0 Å². The lowest BCUT2D eigenvalue weighted by molar-refractivity contribution is -0.274. The number of nitrogens with one attached hydrogen (secondary N) is 1. The molecule has 0 radical (unpaired) electrons. The van der Waals surface area contributed by atoms with Gasteiger partial charge in [-0.2, -0.15) is 4.31 Å². The standard InChI is InChI=1S/C22H22F3N5O3S/c1-16-2-8-19(9-3-16)34(31,32)30-12-10-29(11-13-30)21-14-20(26-15-27-21)28-17-4-6-18(7-5-17)33-22(23,24)25/h2-9,14-15H,10-13H2,1H3,(H,26,27,28). The van der Waals surface area contributed by atoms with Crippen LogP contribution in [0.2, 0.25) is 0 Å². The van der Waals surface area contributed by atoms with Crippen molar-refractivity contribution < 1.29 is 26.3 Å². The van der Waals surface area contributed by atoms with Gasteiger partial charge in [0.05, 0.1) is 4.90 Å². The van der Waals surface area contributed by atoms with Crippen LogP contribution in [0.25, 0.3) is 0 Å². The molecular formula is C22H22F3N5O3S. The van der Waals surface area contributed by atoms with Crippen LogP contribution in [0.15, 0.2) is 65.8 Å². The van der Waals surface area contributed by atoms with Crippen LogP contribution in [0.1, 0.15) is 5.56 Å². The number of aromatic nitrogens is 2. The van der Waals surface area contributed by atoms with Crippen LogP contribution < -0.4 is 15.0 Å². The summed E-state index contributed by atoms with van der Waals surface area (Å²) in [5.41, 5.74) is 1.51. The van der Waals surface area contributed by atoms with Gasteiger partial charge in [-0.1, -0.05) is 17.7 Å². The summed E-state index contributed by atoms with van der Waals surface area (Å²) in [5.74, 6) is 0.742. The van der Waals surface area contributed by atoms with Crippen molar-refractivity contribution in [3.05, 3.63) is 66.5 Å². The second-order valence-electron chi connectivity index (χ2n) is 7.66. The van der Waals surface area contributed by atoms with E-state index in [1.165, 1.54) is 34.9 Å². The number of alkyl halides is 3. The number of benzene rings is 2. The smallest absolute Gasteiger partial charge is 0.406 e. The summed E-state index contributed by atoms with van der Waals surface area (Å²) in [4.78, 5) is 10.6. The lowest BCUT2D eigenvalue weighted by atomic mass is 10.2. The third-order valence-electron chi connectivity index (χ3n) is 5.23. The normalized spacial score (nSPS) is 15.2. The highest BCUT2D eigenvalue weighted by Crippen LogP contribution is 2.26. The number of ether oxygens (including phenoxy) is 1. The van der Waals surface area contributed by atoms with Crippen molar-refractivity contribution in [1.29, 1.82) is 0 Å². The molecule has 0 amide bonds. The fourth-order valence-electron chi connectivity index (χ4n) is 3.49. The number of nitrogens with zero attached hydrogens (tertiary/aromatic N) is 4. The zero-order chi connectivity index (χ0) is 24.3. The number of halogens is 3. The monoisotopic (exact) mass is 493 g/mol. The highest BCUT2D eigenvalue weighted by atomic mass is 32.2. The molecule has 2 heterocycles. The lowest BCUT2D eigenvalue weighted by Crippen LogP contribution is -2.48. The van der Waals surface area contributed by atoms with Gasteiger partial charge in [-0.25, -0.2) is 18.4 Å². The molecule has 0 unspecified atom stereocenters. The minimum absolute atomic E-state index is 0.270. The van der Waals surface area contributed by atoms with Gasteiger partial charge in [0, 0.05) is 37.9 Å². The van der Waals surface area contributed by atoms with Gasteiger partial charge < -0.3 is 15.0 Å². The van der Waals surface area contributed by atoms with Crippen LogP contribution in [-0.2, 0) is 10.0 Å². The topological polar surface area (TPSA) is 87.7 Å². The fraction of sp³-hybridized carbons (Fsp3) is 0.273. The molecule has 1 fully saturated rings. The SMILES string of the molecule is Cc1ccc(S(=O)(=O)N2CCN(c3cc(Nc4ccc(OC(F)(F)F)cc4)ncn3)CC2)cc1. The van der Waals surface area contributed by atoms with E-state index in [9.17, 15) is 21.6 Å². The summed E-state index contributed by atoms with van der Waals surface area (Å²) in [5, 5.41) is 3.01. The Labute approximate surface area is 195 Å². The van der Waals surface area contributed by atoms with Crippen LogP contribution in [0, 0.1) is 6.92 Å². The predicted octanol–water partition coefficient (Wildman–Crippen LogP) is 3.94. The van der Waals surface area contributed by atoms with Gasteiger partial charge in [-0.15, -0.1) is 13.2 Å². The molecule has 4 rings (SSSR count). The van der Waals surface area contributed by atoms with Crippen LogP contribution >= 0.6 is 0 Å². The third-order valence-corrected chi connectivity index (χ3v) is 7.15. The van der Waals surface area contributed by atoms with Crippen LogP contribution in [0.3, 0.4) is 0 Å². The largest absolute Gasteiger partial charge is 0.573 e. The first-order chi connectivity index (χ1) is 16.1. The van der Waals surface area contributed by atoms with E-state index >= 15 is 0 Å². The Morgan fingerprint density at radius 2 is 1.59 bits per heavy atom. The maximum Gasteiger partial charge on any atom is 0.573 e. The molecule has 1 N–H and O–H groups in total. The van der Waals surface area contributed by atoms with E-state index in [-0.39, 0.29) is 10.6 Å². The van der Waals surface area contributed by atoms with Gasteiger partial charge in [0.15, 0.2) is 0 Å². The highest BCUT2D eigenvalue weighted by molar-refractivity contribution is 7.89. The number of aryl methyl sites for hydroxylation is 1. The molecule has 8 nitrogen and oxygen atoms in total. The van der Waals surface area contributed by atoms with Crippen molar-refractivity contribution in [2.45, 2.75) is 18.2 Å². The Balaban J connectivity index is 1.39. The summed E-state index contributed by atoms with van der Waals surface area (Å²) in [6, 6.07) is 13.8. The van der Waals surface area contributed by atoms with E-state index in [2.05, 4.69) is 20.0 Å². The first-order valence-corrected chi connectivity index (χ1v) is 11.8. The Hall–Kier alpha value is -3.38. The average Bonchev–Trinajstić information content (AvgIpc) is 2.80. The molecule has 0 atom stereocenters. The number of hydrogen-bond donors (Lipinski definition) is 1. The molecule has 0 aliphatic carbocycles. The molecule has 12 heteroatoms. The van der Waals surface area contributed by atoms with Gasteiger partial charge in [0.1, 0.15) is 23.7 Å². The lowest BCUT2D eigenvalue weighted by Gasteiger charge is -2.34. The van der Waals surface area contributed by atoms with Crippen molar-refractivity contribution in [3.8, 4) is 5.75 Å². The number of sulfonamides is 1. The molecule has 0 saturated carbocycles. The molecule has 180 valence electrons. The van der Waals surface area contributed by atoms with E-state index < -0.39 is 16.4 Å². The van der Waals surface area contributed by atoms with E-state index in [0.717, 1.165) is 5.56 Å². The van der Waals surface area contributed by atoms with E-state index in [1.807, 2.05) is 11.8 Å². The third kappa shape index (κ3) is 5.75. The maximum atomic E-state index is 12.9. The van der Waals surface area contributed by atoms with Crippen molar-refractivity contribution in [3.63, 3.8) is 0 Å². The Morgan fingerprint density at radius 3 is 2.21 bits per heavy atom. The first kappa shape index (κ1) is 23.8. The zero-order valence-corrected chi connectivity index (χ0v) is 19.0. The van der Waals surface area contributed by atoms with Crippen molar-refractivity contribution in [1.82, 2.24) is 14.3 Å². The summed E-state index contributed by atoms with van der Waals surface area (Å²) in [6.07, 6.45) is -3.38. The molecule has 2 aromatic carbocycles. The minimum atomic E-state index is -4.75. The molecule has 1 saturated heterocycles. The quantitative estimate of drug-likeness (QED) is 0.557. The van der Waals surface area contributed by atoms with Crippen LogP contribution in [0.5, 0.6) is 5.75 Å². The van der Waals surface area contributed by atoms with Crippen LogP contribution in [0.4, 0.5) is 30.5 Å². The van der Waals surface area contributed by atoms with E-state index in [0.29, 0.717) is 43.5 Å². The Kier molecular flexibility index (Phi) is 6.62. The number of anilines is 3. The Bertz CT molecular complexity index is 1230. The number of hydrogen-bond acceptors (Lipinski definition) is 7. The van der Waals surface area contributed by atoms with Gasteiger partial charge in [0.2, 0.25) is 10.0 Å². The maximum absolute atomic E-state index is 12.9.